The first-order valence-corrected chi connectivity index (χ1v) is 5.22. The molecule has 0 aliphatic rings. The standard InChI is InChI=1S/C11H10N6/c1-2-4-12-8(3-1)5-13-11-14-6-9-10(17-11)16-7-15-9/h1-4,6-7H,5H2,(H2,13,14,15,16,17). The number of nitrogens with one attached hydrogen (secondary N) is 2. The maximum Gasteiger partial charge on any atom is 0.225 e. The number of nitrogens with zero attached hydrogens (tertiary/aromatic N) is 4. The van der Waals surface area contributed by atoms with Crippen LogP contribution in [0.4, 0.5) is 5.95 Å². The molecule has 0 fully saturated rings. The van der Waals surface area contributed by atoms with Crippen LogP contribution in [0.3, 0.4) is 0 Å². The second-order valence-electron chi connectivity index (χ2n) is 3.51. The minimum absolute atomic E-state index is 0.551. The first-order chi connectivity index (χ1) is 8.42. The molecule has 3 aromatic rings. The first kappa shape index (κ1) is 9.71. The fourth-order valence-electron chi connectivity index (χ4n) is 1.49. The average Bonchev–Trinajstić information content (AvgIpc) is 2.85. The van der Waals surface area contributed by atoms with Crippen molar-refractivity contribution < 1.29 is 0 Å². The van der Waals surface area contributed by atoms with Gasteiger partial charge in [-0.15, -0.1) is 0 Å². The van der Waals surface area contributed by atoms with Crippen molar-refractivity contribution >= 4 is 17.1 Å². The first-order valence-electron chi connectivity index (χ1n) is 5.22. The highest BCUT2D eigenvalue weighted by molar-refractivity contribution is 5.69. The molecule has 0 saturated carbocycles. The Balaban J connectivity index is 1.76. The highest BCUT2D eigenvalue weighted by Crippen LogP contribution is 2.07. The summed E-state index contributed by atoms with van der Waals surface area (Å²) in [6.45, 7) is 0.594. The summed E-state index contributed by atoms with van der Waals surface area (Å²) in [6.07, 6.45) is 5.06. The van der Waals surface area contributed by atoms with Crippen LogP contribution in [0.5, 0.6) is 0 Å². The molecule has 3 aromatic heterocycles. The summed E-state index contributed by atoms with van der Waals surface area (Å²) < 4.78 is 0. The van der Waals surface area contributed by atoms with E-state index in [-0.39, 0.29) is 0 Å². The van der Waals surface area contributed by atoms with E-state index in [2.05, 4.69) is 30.2 Å². The van der Waals surface area contributed by atoms with Crippen molar-refractivity contribution in [2.24, 2.45) is 0 Å². The van der Waals surface area contributed by atoms with E-state index in [0.29, 0.717) is 18.1 Å². The van der Waals surface area contributed by atoms with Gasteiger partial charge in [-0.05, 0) is 12.1 Å². The van der Waals surface area contributed by atoms with Crippen molar-refractivity contribution in [1.29, 1.82) is 0 Å². The van der Waals surface area contributed by atoms with Gasteiger partial charge in [-0.2, -0.15) is 4.98 Å². The van der Waals surface area contributed by atoms with Gasteiger partial charge in [0, 0.05) is 6.20 Å². The lowest BCUT2D eigenvalue weighted by molar-refractivity contribution is 1.01. The average molecular weight is 226 g/mol. The SMILES string of the molecule is c1ccc(CNc2ncc3[nH]cnc3n2)nc1. The van der Waals surface area contributed by atoms with E-state index in [4.69, 9.17) is 0 Å². The molecule has 0 spiro atoms. The molecule has 0 aliphatic heterocycles. The summed E-state index contributed by atoms with van der Waals surface area (Å²) in [6, 6.07) is 5.78. The van der Waals surface area contributed by atoms with Gasteiger partial charge in [0.2, 0.25) is 5.95 Å². The van der Waals surface area contributed by atoms with Crippen LogP contribution in [0.1, 0.15) is 5.69 Å². The summed E-state index contributed by atoms with van der Waals surface area (Å²) in [4.78, 5) is 19.7. The van der Waals surface area contributed by atoms with Gasteiger partial charge < -0.3 is 10.3 Å². The van der Waals surface area contributed by atoms with Gasteiger partial charge >= 0.3 is 0 Å². The maximum absolute atomic E-state index is 4.26. The largest absolute Gasteiger partial charge is 0.349 e. The number of H-pyrrole nitrogens is 1. The fraction of sp³-hybridized carbons (Fsp3) is 0.0909. The predicted octanol–water partition coefficient (Wildman–Crippen LogP) is 1.36. The van der Waals surface area contributed by atoms with Crippen LogP contribution in [0, 0.1) is 0 Å². The molecular weight excluding hydrogens is 216 g/mol. The van der Waals surface area contributed by atoms with Crippen molar-refractivity contribution in [3.05, 3.63) is 42.6 Å². The van der Waals surface area contributed by atoms with E-state index >= 15 is 0 Å². The fourth-order valence-corrected chi connectivity index (χ4v) is 1.49. The van der Waals surface area contributed by atoms with Crippen LogP contribution in [-0.4, -0.2) is 24.9 Å². The topological polar surface area (TPSA) is 79.4 Å². The number of hydrogen-bond acceptors (Lipinski definition) is 5. The molecule has 0 bridgehead atoms. The molecule has 84 valence electrons. The van der Waals surface area contributed by atoms with E-state index in [1.54, 1.807) is 18.7 Å². The van der Waals surface area contributed by atoms with E-state index in [9.17, 15) is 0 Å². The highest BCUT2D eigenvalue weighted by atomic mass is 15.1. The number of fused-ring (bicyclic) bond motifs is 1. The summed E-state index contributed by atoms with van der Waals surface area (Å²) in [5, 5.41) is 3.10. The summed E-state index contributed by atoms with van der Waals surface area (Å²) in [5.74, 6) is 0.551. The van der Waals surface area contributed by atoms with Gasteiger partial charge in [-0.3, -0.25) is 4.98 Å². The number of aromatic amines is 1. The molecule has 3 heterocycles. The summed E-state index contributed by atoms with van der Waals surface area (Å²) >= 11 is 0. The van der Waals surface area contributed by atoms with Gasteiger partial charge in [0.15, 0.2) is 5.65 Å². The Kier molecular flexibility index (Phi) is 2.38. The number of pyridine rings is 1. The summed E-state index contributed by atoms with van der Waals surface area (Å²) in [5.41, 5.74) is 2.43. The molecule has 0 amide bonds. The normalized spacial score (nSPS) is 10.6. The van der Waals surface area contributed by atoms with Crippen LogP contribution in [-0.2, 0) is 6.54 Å². The maximum atomic E-state index is 4.26. The van der Waals surface area contributed by atoms with Gasteiger partial charge in [0.1, 0.15) is 5.52 Å². The Bertz CT molecular complexity index is 618. The molecule has 2 N–H and O–H groups in total. The van der Waals surface area contributed by atoms with Crippen molar-refractivity contribution in [3.8, 4) is 0 Å². The van der Waals surface area contributed by atoms with Crippen LogP contribution in [0.25, 0.3) is 11.2 Å². The van der Waals surface area contributed by atoms with E-state index in [1.807, 2.05) is 18.2 Å². The second-order valence-corrected chi connectivity index (χ2v) is 3.51. The number of rotatable bonds is 3. The third kappa shape index (κ3) is 2.05. The monoisotopic (exact) mass is 226 g/mol. The molecule has 3 rings (SSSR count). The molecule has 0 aromatic carbocycles. The molecule has 17 heavy (non-hydrogen) atoms. The molecule has 0 saturated heterocycles. The summed E-state index contributed by atoms with van der Waals surface area (Å²) in [7, 11) is 0. The lowest BCUT2D eigenvalue weighted by Gasteiger charge is -2.03. The lowest BCUT2D eigenvalue weighted by Crippen LogP contribution is -2.04. The Hall–Kier alpha value is -2.50. The van der Waals surface area contributed by atoms with Gasteiger partial charge in [-0.25, -0.2) is 9.97 Å². The molecule has 0 aliphatic carbocycles. The van der Waals surface area contributed by atoms with Crippen LogP contribution < -0.4 is 5.32 Å². The Morgan fingerprint density at radius 2 is 2.18 bits per heavy atom. The zero-order chi connectivity index (χ0) is 11.5. The smallest absolute Gasteiger partial charge is 0.225 e. The van der Waals surface area contributed by atoms with Crippen molar-refractivity contribution in [3.63, 3.8) is 0 Å². The third-order valence-electron chi connectivity index (χ3n) is 2.33. The molecule has 0 unspecified atom stereocenters. The highest BCUT2D eigenvalue weighted by Gasteiger charge is 2.01. The van der Waals surface area contributed by atoms with Gasteiger partial charge in [-0.1, -0.05) is 6.07 Å². The molecule has 0 atom stereocenters. The Labute approximate surface area is 97.2 Å². The van der Waals surface area contributed by atoms with Gasteiger partial charge in [0.05, 0.1) is 24.8 Å². The van der Waals surface area contributed by atoms with Crippen molar-refractivity contribution in [2.45, 2.75) is 6.54 Å². The zero-order valence-corrected chi connectivity index (χ0v) is 8.96. The second kappa shape index (κ2) is 4.17. The van der Waals surface area contributed by atoms with Crippen molar-refractivity contribution in [2.75, 3.05) is 5.32 Å². The Morgan fingerprint density at radius 3 is 3.06 bits per heavy atom. The quantitative estimate of drug-likeness (QED) is 0.705. The lowest BCUT2D eigenvalue weighted by atomic mass is 10.3. The van der Waals surface area contributed by atoms with E-state index < -0.39 is 0 Å². The minimum atomic E-state index is 0.551. The number of anilines is 1. The van der Waals surface area contributed by atoms with Crippen LogP contribution >= 0.6 is 0 Å². The Morgan fingerprint density at radius 1 is 1.18 bits per heavy atom. The molecule has 6 heteroatoms. The third-order valence-corrected chi connectivity index (χ3v) is 2.33. The number of aromatic nitrogens is 5. The van der Waals surface area contributed by atoms with E-state index in [1.165, 1.54) is 0 Å². The van der Waals surface area contributed by atoms with Crippen LogP contribution in [0.2, 0.25) is 0 Å². The van der Waals surface area contributed by atoms with Gasteiger partial charge in [0.25, 0.3) is 0 Å². The molecule has 0 radical (unpaired) electrons. The van der Waals surface area contributed by atoms with Crippen molar-refractivity contribution in [1.82, 2.24) is 24.9 Å². The van der Waals surface area contributed by atoms with E-state index in [0.717, 1.165) is 11.2 Å². The number of imidazole rings is 1. The molecule has 6 nitrogen and oxygen atoms in total. The number of hydrogen-bond donors (Lipinski definition) is 2. The minimum Gasteiger partial charge on any atom is -0.349 e. The zero-order valence-electron chi connectivity index (χ0n) is 8.96. The predicted molar refractivity (Wildman–Crippen MR) is 63.2 cm³/mol. The molecular formula is C11H10N6. The van der Waals surface area contributed by atoms with Crippen LogP contribution in [0.15, 0.2) is 36.9 Å².